The van der Waals surface area contributed by atoms with Crippen molar-refractivity contribution in [3.8, 4) is 11.4 Å². The van der Waals surface area contributed by atoms with E-state index in [4.69, 9.17) is 4.74 Å². The Labute approximate surface area is 206 Å². The highest BCUT2D eigenvalue weighted by molar-refractivity contribution is 9.10. The van der Waals surface area contributed by atoms with Crippen LogP contribution in [0.3, 0.4) is 0 Å². The van der Waals surface area contributed by atoms with E-state index in [0.29, 0.717) is 17.0 Å². The summed E-state index contributed by atoms with van der Waals surface area (Å²) < 4.78 is 32.3. The Bertz CT molecular complexity index is 1180. The van der Waals surface area contributed by atoms with Gasteiger partial charge in [-0.15, -0.1) is 0 Å². The first-order valence-electron chi connectivity index (χ1n) is 10.5. The van der Waals surface area contributed by atoms with Crippen LogP contribution in [0.2, 0.25) is 0 Å². The second kappa shape index (κ2) is 9.59. The van der Waals surface area contributed by atoms with Crippen molar-refractivity contribution in [3.63, 3.8) is 0 Å². The molecule has 10 nitrogen and oxygen atoms in total. The average molecular weight is 555 g/mol. The third-order valence-electron chi connectivity index (χ3n) is 5.20. The van der Waals surface area contributed by atoms with Gasteiger partial charge in [0.2, 0.25) is 10.0 Å². The minimum atomic E-state index is -3.63. The number of aliphatic carboxylic acids is 1. The van der Waals surface area contributed by atoms with Crippen LogP contribution in [-0.4, -0.2) is 70.4 Å². The number of hydrogen-bond acceptors (Lipinski definition) is 7. The van der Waals surface area contributed by atoms with Crippen LogP contribution in [0.1, 0.15) is 32.8 Å². The number of carboxylic acids is 1. The molecular weight excluding hydrogens is 528 g/mol. The molecule has 12 heteroatoms. The molecule has 184 valence electrons. The fourth-order valence-corrected chi connectivity index (χ4v) is 4.96. The van der Waals surface area contributed by atoms with Crippen LogP contribution in [0.25, 0.3) is 11.4 Å². The molecule has 1 amide bonds. The highest BCUT2D eigenvalue weighted by Gasteiger charge is 2.55. The lowest BCUT2D eigenvalue weighted by Gasteiger charge is -2.35. The number of rotatable bonds is 6. The summed E-state index contributed by atoms with van der Waals surface area (Å²) >= 11 is 3.29. The van der Waals surface area contributed by atoms with Crippen molar-refractivity contribution in [1.29, 1.82) is 0 Å². The molecule has 2 aromatic rings. The molecule has 2 N–H and O–H groups in total. The standard InChI is InChI=1S/C22H27BrN4O6S/c1-21(2,3)33-20(30)27-13-17(26-34(4,31)32)10-22(27,19(28)29)9-14-6-5-7-15(8-14)18-24-11-16(23)12-25-18/h5-8,11-12,17,26H,9-10,13H2,1-4H3,(H,28,29)/t17-,22+/m1/s1. The first kappa shape index (κ1) is 26.0. The van der Waals surface area contributed by atoms with Crippen LogP contribution in [0.5, 0.6) is 0 Å². The molecule has 1 fully saturated rings. The molecule has 2 atom stereocenters. The van der Waals surface area contributed by atoms with Gasteiger partial charge in [0, 0.05) is 37.0 Å². The minimum Gasteiger partial charge on any atom is -0.479 e. The van der Waals surface area contributed by atoms with E-state index in [1.54, 1.807) is 57.4 Å². The average Bonchev–Trinajstić information content (AvgIpc) is 3.05. The number of aromatic nitrogens is 2. The van der Waals surface area contributed by atoms with Crippen LogP contribution >= 0.6 is 15.9 Å². The molecule has 0 saturated carbocycles. The summed E-state index contributed by atoms with van der Waals surface area (Å²) in [5.41, 5.74) is -1.27. The summed E-state index contributed by atoms with van der Waals surface area (Å²) in [6.07, 6.45) is 3.21. The number of carbonyl (C=O) groups is 2. The molecule has 1 aromatic carbocycles. The molecule has 1 aliphatic heterocycles. The summed E-state index contributed by atoms with van der Waals surface area (Å²) in [7, 11) is -3.63. The van der Waals surface area contributed by atoms with Gasteiger partial charge < -0.3 is 9.84 Å². The number of sulfonamides is 1. The molecule has 0 unspecified atom stereocenters. The van der Waals surface area contributed by atoms with Gasteiger partial charge in [0.05, 0.1) is 10.7 Å². The monoisotopic (exact) mass is 554 g/mol. The van der Waals surface area contributed by atoms with Gasteiger partial charge in [-0.05, 0) is 54.8 Å². The van der Waals surface area contributed by atoms with E-state index < -0.39 is 39.3 Å². The Morgan fingerprint density at radius 2 is 1.94 bits per heavy atom. The molecule has 34 heavy (non-hydrogen) atoms. The lowest BCUT2D eigenvalue weighted by Crippen LogP contribution is -2.55. The van der Waals surface area contributed by atoms with Gasteiger partial charge in [-0.2, -0.15) is 0 Å². The number of hydrogen-bond donors (Lipinski definition) is 2. The number of carboxylic acid groups (broad SMARTS) is 1. The molecule has 0 spiro atoms. The zero-order valence-corrected chi connectivity index (χ0v) is 21.7. The maximum Gasteiger partial charge on any atom is 0.411 e. The van der Waals surface area contributed by atoms with Gasteiger partial charge in [-0.25, -0.2) is 32.7 Å². The van der Waals surface area contributed by atoms with Crippen molar-refractivity contribution in [1.82, 2.24) is 19.6 Å². The van der Waals surface area contributed by atoms with E-state index in [9.17, 15) is 23.1 Å². The fourth-order valence-electron chi connectivity index (χ4n) is 3.99. The number of carbonyl (C=O) groups excluding carboxylic acids is 1. The quantitative estimate of drug-likeness (QED) is 0.555. The van der Waals surface area contributed by atoms with Crippen molar-refractivity contribution < 1.29 is 27.9 Å². The predicted octanol–water partition coefficient (Wildman–Crippen LogP) is 2.83. The third-order valence-corrected chi connectivity index (χ3v) is 6.37. The number of amides is 1. The predicted molar refractivity (Wildman–Crippen MR) is 129 cm³/mol. The van der Waals surface area contributed by atoms with E-state index in [-0.39, 0.29) is 19.4 Å². The summed E-state index contributed by atoms with van der Waals surface area (Å²) in [6, 6.07) is 6.28. The highest BCUT2D eigenvalue weighted by Crippen LogP contribution is 2.36. The lowest BCUT2D eigenvalue weighted by atomic mass is 9.87. The highest BCUT2D eigenvalue weighted by atomic mass is 79.9. The van der Waals surface area contributed by atoms with Crippen LogP contribution in [-0.2, 0) is 26.0 Å². The van der Waals surface area contributed by atoms with E-state index in [2.05, 4.69) is 30.6 Å². The molecule has 1 aliphatic rings. The smallest absolute Gasteiger partial charge is 0.411 e. The summed E-state index contributed by atoms with van der Waals surface area (Å²) in [4.78, 5) is 35.4. The Morgan fingerprint density at radius 1 is 1.29 bits per heavy atom. The fraction of sp³-hybridized carbons (Fsp3) is 0.455. The first-order chi connectivity index (χ1) is 15.7. The lowest BCUT2D eigenvalue weighted by molar-refractivity contribution is -0.149. The van der Waals surface area contributed by atoms with E-state index >= 15 is 0 Å². The summed E-state index contributed by atoms with van der Waals surface area (Å²) in [6.45, 7) is 4.90. The third kappa shape index (κ3) is 6.30. The topological polar surface area (TPSA) is 139 Å². The van der Waals surface area contributed by atoms with Crippen molar-refractivity contribution in [3.05, 3.63) is 46.7 Å². The number of ether oxygens (including phenoxy) is 1. The van der Waals surface area contributed by atoms with E-state index in [0.717, 1.165) is 15.6 Å². The minimum absolute atomic E-state index is 0.0616. The molecular formula is C22H27BrN4O6S. The Kier molecular flexibility index (Phi) is 7.34. The van der Waals surface area contributed by atoms with Gasteiger partial charge in [0.15, 0.2) is 5.82 Å². The number of benzene rings is 1. The second-order valence-corrected chi connectivity index (χ2v) is 12.0. The SMILES string of the molecule is CC(C)(C)OC(=O)N1C[C@H](NS(C)(=O)=O)C[C@@]1(Cc1cccc(-c2ncc(Br)cn2)c1)C(=O)O. The molecule has 3 rings (SSSR count). The van der Waals surface area contributed by atoms with Crippen molar-refractivity contribution >= 4 is 38.0 Å². The number of nitrogens with zero attached hydrogens (tertiary/aromatic N) is 3. The van der Waals surface area contributed by atoms with Crippen LogP contribution in [0, 0.1) is 0 Å². The van der Waals surface area contributed by atoms with Gasteiger partial charge in [-0.1, -0.05) is 18.2 Å². The van der Waals surface area contributed by atoms with E-state index in [1.807, 2.05) is 0 Å². The van der Waals surface area contributed by atoms with Crippen LogP contribution in [0.4, 0.5) is 4.79 Å². The van der Waals surface area contributed by atoms with Crippen molar-refractivity contribution in [2.75, 3.05) is 12.8 Å². The molecule has 0 radical (unpaired) electrons. The first-order valence-corrected chi connectivity index (χ1v) is 13.2. The van der Waals surface area contributed by atoms with Gasteiger partial charge >= 0.3 is 12.1 Å². The molecule has 2 heterocycles. The van der Waals surface area contributed by atoms with Gasteiger partial charge in [0.1, 0.15) is 11.1 Å². The largest absolute Gasteiger partial charge is 0.479 e. The molecule has 1 aromatic heterocycles. The van der Waals surface area contributed by atoms with Crippen LogP contribution in [0.15, 0.2) is 41.1 Å². The van der Waals surface area contributed by atoms with Crippen molar-refractivity contribution in [2.24, 2.45) is 0 Å². The number of likely N-dealkylation sites (tertiary alicyclic amines) is 1. The van der Waals surface area contributed by atoms with Crippen molar-refractivity contribution in [2.45, 2.75) is 50.8 Å². The van der Waals surface area contributed by atoms with E-state index in [1.165, 1.54) is 0 Å². The maximum absolute atomic E-state index is 13.0. The zero-order valence-electron chi connectivity index (χ0n) is 19.3. The summed E-state index contributed by atoms with van der Waals surface area (Å²) in [5, 5.41) is 10.3. The molecule has 1 saturated heterocycles. The zero-order chi connectivity index (χ0) is 25.3. The number of nitrogens with one attached hydrogen (secondary N) is 1. The molecule has 0 bridgehead atoms. The Morgan fingerprint density at radius 3 is 2.50 bits per heavy atom. The maximum atomic E-state index is 13.0. The van der Waals surface area contributed by atoms with Crippen LogP contribution < -0.4 is 4.72 Å². The second-order valence-electron chi connectivity index (χ2n) is 9.32. The van der Waals surface area contributed by atoms with Gasteiger partial charge in [0.25, 0.3) is 0 Å². The Hall–Kier alpha value is -2.57. The van der Waals surface area contributed by atoms with Gasteiger partial charge in [-0.3, -0.25) is 4.90 Å². The normalized spacial score (nSPS) is 20.9. The molecule has 0 aliphatic carbocycles. The number of halogens is 1. The Balaban J connectivity index is 2.00. The summed E-state index contributed by atoms with van der Waals surface area (Å²) in [5.74, 6) is -0.789.